The molecule has 1 aromatic carbocycles. The maximum Gasteiger partial charge on any atom is 0.227 e. The SMILES string of the molecule is Cc1ccc(Nc2nc(NC(C)C(C)C)nc3c2ncn3C(C)C)cc1C. The number of benzene rings is 1. The van der Waals surface area contributed by atoms with Crippen LogP contribution in [0.5, 0.6) is 0 Å². The molecule has 0 amide bonds. The highest BCUT2D eigenvalue weighted by Gasteiger charge is 2.17. The zero-order valence-corrected chi connectivity index (χ0v) is 17.3. The first-order chi connectivity index (χ1) is 12.8. The van der Waals surface area contributed by atoms with Crippen LogP contribution in [0, 0.1) is 19.8 Å². The Hall–Kier alpha value is -2.63. The summed E-state index contributed by atoms with van der Waals surface area (Å²) in [6.07, 6.45) is 1.84. The third-order valence-electron chi connectivity index (χ3n) is 5.10. The summed E-state index contributed by atoms with van der Waals surface area (Å²) in [6.45, 7) is 15.0. The van der Waals surface area contributed by atoms with Gasteiger partial charge in [0.15, 0.2) is 17.0 Å². The van der Waals surface area contributed by atoms with Crippen LogP contribution in [-0.4, -0.2) is 25.6 Å². The Morgan fingerprint density at radius 3 is 2.33 bits per heavy atom. The summed E-state index contributed by atoms with van der Waals surface area (Å²) in [5.74, 6) is 1.83. The van der Waals surface area contributed by atoms with Crippen LogP contribution in [0.4, 0.5) is 17.5 Å². The molecular weight excluding hydrogens is 336 g/mol. The first kappa shape index (κ1) is 19.1. The van der Waals surface area contributed by atoms with Crippen molar-refractivity contribution in [2.45, 2.75) is 60.5 Å². The average molecular weight is 367 g/mol. The molecule has 0 aliphatic heterocycles. The second-order valence-corrected chi connectivity index (χ2v) is 7.91. The molecule has 2 N–H and O–H groups in total. The van der Waals surface area contributed by atoms with Crippen molar-refractivity contribution in [1.29, 1.82) is 0 Å². The van der Waals surface area contributed by atoms with Gasteiger partial charge in [0, 0.05) is 17.8 Å². The van der Waals surface area contributed by atoms with Crippen molar-refractivity contribution in [2.24, 2.45) is 5.92 Å². The van der Waals surface area contributed by atoms with Crippen LogP contribution in [0.3, 0.4) is 0 Å². The first-order valence-corrected chi connectivity index (χ1v) is 9.61. The van der Waals surface area contributed by atoms with E-state index in [0.717, 1.165) is 22.7 Å². The van der Waals surface area contributed by atoms with Gasteiger partial charge in [-0.1, -0.05) is 19.9 Å². The molecule has 3 aromatic rings. The molecule has 6 heteroatoms. The van der Waals surface area contributed by atoms with Crippen molar-refractivity contribution in [3.8, 4) is 0 Å². The van der Waals surface area contributed by atoms with E-state index in [1.807, 2.05) is 6.33 Å². The zero-order valence-electron chi connectivity index (χ0n) is 17.3. The number of hydrogen-bond donors (Lipinski definition) is 2. The standard InChI is InChI=1S/C21H30N6/c1-12(2)16(7)23-21-25-19(24-17-9-8-14(5)15(6)10-17)18-20(26-21)27(11-22-18)13(3)4/h8-13,16H,1-7H3,(H2,23,24,25,26). The smallest absolute Gasteiger partial charge is 0.227 e. The van der Waals surface area contributed by atoms with Crippen LogP contribution in [0.25, 0.3) is 11.2 Å². The monoisotopic (exact) mass is 366 g/mol. The van der Waals surface area contributed by atoms with Gasteiger partial charge in [0.1, 0.15) is 0 Å². The molecule has 1 atom stereocenters. The van der Waals surface area contributed by atoms with E-state index in [-0.39, 0.29) is 12.1 Å². The van der Waals surface area contributed by atoms with Gasteiger partial charge in [-0.25, -0.2) is 4.98 Å². The second-order valence-electron chi connectivity index (χ2n) is 7.91. The van der Waals surface area contributed by atoms with Crippen molar-refractivity contribution in [3.63, 3.8) is 0 Å². The van der Waals surface area contributed by atoms with Crippen LogP contribution in [0.15, 0.2) is 24.5 Å². The first-order valence-electron chi connectivity index (χ1n) is 9.61. The minimum absolute atomic E-state index is 0.271. The van der Waals surface area contributed by atoms with Crippen molar-refractivity contribution < 1.29 is 0 Å². The molecule has 0 aliphatic rings. The predicted octanol–water partition coefficient (Wildman–Crippen LogP) is 5.22. The number of nitrogens with zero attached hydrogens (tertiary/aromatic N) is 4. The molecule has 3 rings (SSSR count). The minimum Gasteiger partial charge on any atom is -0.351 e. The molecule has 2 aromatic heterocycles. The third-order valence-corrected chi connectivity index (χ3v) is 5.10. The lowest BCUT2D eigenvalue weighted by atomic mass is 10.1. The molecule has 0 spiro atoms. The van der Waals surface area contributed by atoms with Crippen molar-refractivity contribution in [3.05, 3.63) is 35.7 Å². The number of aryl methyl sites for hydroxylation is 2. The van der Waals surface area contributed by atoms with Gasteiger partial charge in [0.05, 0.1) is 6.33 Å². The molecule has 0 bridgehead atoms. The lowest BCUT2D eigenvalue weighted by Gasteiger charge is -2.18. The topological polar surface area (TPSA) is 67.7 Å². The van der Waals surface area contributed by atoms with Crippen molar-refractivity contribution in [2.75, 3.05) is 10.6 Å². The number of aromatic nitrogens is 4. The Morgan fingerprint density at radius 2 is 1.70 bits per heavy atom. The van der Waals surface area contributed by atoms with Gasteiger partial charge < -0.3 is 15.2 Å². The fourth-order valence-corrected chi connectivity index (χ4v) is 2.77. The van der Waals surface area contributed by atoms with E-state index in [1.165, 1.54) is 11.1 Å². The van der Waals surface area contributed by atoms with E-state index < -0.39 is 0 Å². The fourth-order valence-electron chi connectivity index (χ4n) is 2.77. The van der Waals surface area contributed by atoms with Gasteiger partial charge in [0.25, 0.3) is 0 Å². The molecule has 0 saturated carbocycles. The van der Waals surface area contributed by atoms with Crippen LogP contribution < -0.4 is 10.6 Å². The minimum atomic E-state index is 0.271. The Labute approximate surface area is 161 Å². The molecule has 1 unspecified atom stereocenters. The summed E-state index contributed by atoms with van der Waals surface area (Å²) in [5.41, 5.74) is 5.13. The van der Waals surface area contributed by atoms with Gasteiger partial charge in [-0.05, 0) is 63.8 Å². The van der Waals surface area contributed by atoms with Crippen LogP contribution in [0.2, 0.25) is 0 Å². The molecule has 0 aliphatic carbocycles. The normalized spacial score (nSPS) is 12.8. The van der Waals surface area contributed by atoms with Gasteiger partial charge >= 0.3 is 0 Å². The second kappa shape index (κ2) is 7.55. The van der Waals surface area contributed by atoms with Crippen LogP contribution in [-0.2, 0) is 0 Å². The summed E-state index contributed by atoms with van der Waals surface area (Å²) in [5, 5.41) is 6.88. The molecule has 0 radical (unpaired) electrons. The highest BCUT2D eigenvalue weighted by atomic mass is 15.2. The highest BCUT2D eigenvalue weighted by molar-refractivity contribution is 5.86. The van der Waals surface area contributed by atoms with Gasteiger partial charge in [0.2, 0.25) is 5.95 Å². The lowest BCUT2D eigenvalue weighted by molar-refractivity contribution is 0.556. The van der Waals surface area contributed by atoms with Gasteiger partial charge in [-0.2, -0.15) is 9.97 Å². The van der Waals surface area contributed by atoms with E-state index in [9.17, 15) is 0 Å². The van der Waals surface area contributed by atoms with Gasteiger partial charge in [-0.3, -0.25) is 0 Å². The number of nitrogens with one attached hydrogen (secondary N) is 2. The Kier molecular flexibility index (Phi) is 5.35. The number of hydrogen-bond acceptors (Lipinski definition) is 5. The van der Waals surface area contributed by atoms with Gasteiger partial charge in [-0.15, -0.1) is 0 Å². The summed E-state index contributed by atoms with van der Waals surface area (Å²) in [6, 6.07) is 6.86. The molecule has 0 fully saturated rings. The summed E-state index contributed by atoms with van der Waals surface area (Å²) in [4.78, 5) is 14.1. The Balaban J connectivity index is 2.07. The fraction of sp³-hybridized carbons (Fsp3) is 0.476. The number of imidazole rings is 1. The highest BCUT2D eigenvalue weighted by Crippen LogP contribution is 2.27. The van der Waals surface area contributed by atoms with E-state index >= 15 is 0 Å². The van der Waals surface area contributed by atoms with E-state index in [0.29, 0.717) is 11.9 Å². The van der Waals surface area contributed by atoms with E-state index in [4.69, 9.17) is 9.97 Å². The zero-order chi connectivity index (χ0) is 19.7. The van der Waals surface area contributed by atoms with E-state index in [1.54, 1.807) is 0 Å². The lowest BCUT2D eigenvalue weighted by Crippen LogP contribution is -2.23. The largest absolute Gasteiger partial charge is 0.351 e. The van der Waals surface area contributed by atoms with Crippen LogP contribution in [0.1, 0.15) is 51.8 Å². The third kappa shape index (κ3) is 4.04. The molecule has 6 nitrogen and oxygen atoms in total. The number of fused-ring (bicyclic) bond motifs is 1. The number of anilines is 3. The molecule has 27 heavy (non-hydrogen) atoms. The van der Waals surface area contributed by atoms with E-state index in [2.05, 4.69) is 86.8 Å². The Bertz CT molecular complexity index is 941. The predicted molar refractivity (Wildman–Crippen MR) is 113 cm³/mol. The molecule has 144 valence electrons. The molecule has 2 heterocycles. The summed E-state index contributed by atoms with van der Waals surface area (Å²) >= 11 is 0. The average Bonchev–Trinajstić information content (AvgIpc) is 3.02. The molecular formula is C21H30N6. The molecule has 0 saturated heterocycles. The Morgan fingerprint density at radius 1 is 0.963 bits per heavy atom. The summed E-state index contributed by atoms with van der Waals surface area (Å²) < 4.78 is 2.08. The summed E-state index contributed by atoms with van der Waals surface area (Å²) in [7, 11) is 0. The van der Waals surface area contributed by atoms with Crippen molar-refractivity contribution in [1.82, 2.24) is 19.5 Å². The maximum atomic E-state index is 4.75. The quantitative estimate of drug-likeness (QED) is 0.626. The maximum absolute atomic E-state index is 4.75. The number of rotatable bonds is 6. The van der Waals surface area contributed by atoms with Crippen molar-refractivity contribution >= 4 is 28.6 Å². The van der Waals surface area contributed by atoms with Crippen LogP contribution >= 0.6 is 0 Å².